The van der Waals surface area contributed by atoms with E-state index in [0.29, 0.717) is 12.4 Å². The predicted molar refractivity (Wildman–Crippen MR) is 90.2 cm³/mol. The first-order chi connectivity index (χ1) is 10.4. The number of thiazole rings is 1. The Labute approximate surface area is 135 Å². The fourth-order valence-corrected chi connectivity index (χ4v) is 3.14. The van der Waals surface area contributed by atoms with Crippen LogP contribution in [-0.2, 0) is 4.79 Å². The molecular weight excluding hydrogens is 296 g/mol. The first-order valence-corrected chi connectivity index (χ1v) is 8.05. The molecule has 0 saturated heterocycles. The molecule has 1 atom stereocenters. The molecule has 1 unspecified atom stereocenters. The van der Waals surface area contributed by atoms with Gasteiger partial charge in [-0.2, -0.15) is 0 Å². The van der Waals surface area contributed by atoms with Crippen molar-refractivity contribution < 1.29 is 4.79 Å². The van der Waals surface area contributed by atoms with E-state index in [0.717, 1.165) is 16.3 Å². The highest BCUT2D eigenvalue weighted by Gasteiger charge is 2.19. The van der Waals surface area contributed by atoms with Crippen molar-refractivity contribution in [2.75, 3.05) is 18.9 Å². The molecule has 0 bridgehead atoms. The number of anilines is 1. The Kier molecular flexibility index (Phi) is 5.26. The van der Waals surface area contributed by atoms with E-state index in [1.807, 2.05) is 37.9 Å². The third-order valence-electron chi connectivity index (χ3n) is 3.57. The second-order valence-corrected chi connectivity index (χ2v) is 6.94. The summed E-state index contributed by atoms with van der Waals surface area (Å²) < 4.78 is 0. The van der Waals surface area contributed by atoms with Gasteiger partial charge in [0.05, 0.1) is 23.3 Å². The van der Waals surface area contributed by atoms with E-state index in [9.17, 15) is 4.79 Å². The zero-order valence-corrected chi connectivity index (χ0v) is 14.5. The normalized spacial score (nSPS) is 12.5. The van der Waals surface area contributed by atoms with Gasteiger partial charge in [0, 0.05) is 11.1 Å². The minimum atomic E-state index is -0.0738. The number of nitrogens with one attached hydrogen (secondary N) is 1. The van der Waals surface area contributed by atoms with E-state index in [-0.39, 0.29) is 11.9 Å². The highest BCUT2D eigenvalue weighted by atomic mass is 32.1. The number of rotatable bonds is 5. The van der Waals surface area contributed by atoms with Gasteiger partial charge in [0.1, 0.15) is 5.82 Å². The number of nitrogens with zero attached hydrogens (tertiary/aromatic N) is 3. The van der Waals surface area contributed by atoms with Gasteiger partial charge in [-0.25, -0.2) is 9.97 Å². The summed E-state index contributed by atoms with van der Waals surface area (Å²) in [6.07, 6.45) is 1.74. The average Bonchev–Trinajstić information content (AvgIpc) is 2.79. The van der Waals surface area contributed by atoms with Gasteiger partial charge < -0.3 is 5.32 Å². The summed E-state index contributed by atoms with van der Waals surface area (Å²) in [7, 11) is 1.93. The predicted octanol–water partition coefficient (Wildman–Crippen LogP) is 3.09. The summed E-state index contributed by atoms with van der Waals surface area (Å²) in [5.74, 6) is 0.507. The summed E-state index contributed by atoms with van der Waals surface area (Å²) in [6, 6.07) is 3.84. The van der Waals surface area contributed by atoms with E-state index >= 15 is 0 Å². The molecule has 0 aliphatic heterocycles. The second-order valence-electron chi connectivity index (χ2n) is 5.53. The molecule has 0 aliphatic carbocycles. The Morgan fingerprint density at radius 3 is 2.64 bits per heavy atom. The van der Waals surface area contributed by atoms with Crippen molar-refractivity contribution >= 4 is 23.1 Å². The highest BCUT2D eigenvalue weighted by molar-refractivity contribution is 7.11. The van der Waals surface area contributed by atoms with Crippen LogP contribution in [-0.4, -0.2) is 34.4 Å². The van der Waals surface area contributed by atoms with Crippen LogP contribution in [0.3, 0.4) is 0 Å². The van der Waals surface area contributed by atoms with Crippen LogP contribution in [0, 0.1) is 20.8 Å². The minimum absolute atomic E-state index is 0.0738. The molecule has 0 aromatic carbocycles. The smallest absolute Gasteiger partial charge is 0.239 e. The molecule has 1 N–H and O–H groups in total. The Balaban J connectivity index is 1.95. The first kappa shape index (κ1) is 16.6. The van der Waals surface area contributed by atoms with E-state index < -0.39 is 0 Å². The zero-order chi connectivity index (χ0) is 16.3. The number of hydrogen-bond acceptors (Lipinski definition) is 5. The number of likely N-dealkylation sites (N-methyl/N-ethyl adjacent to an activating group) is 1. The Morgan fingerprint density at radius 2 is 2.09 bits per heavy atom. The highest BCUT2D eigenvalue weighted by Crippen LogP contribution is 2.25. The summed E-state index contributed by atoms with van der Waals surface area (Å²) in [5.41, 5.74) is 2.12. The van der Waals surface area contributed by atoms with Crippen LogP contribution in [0.2, 0.25) is 0 Å². The summed E-state index contributed by atoms with van der Waals surface area (Å²) >= 11 is 1.69. The number of aryl methyl sites for hydroxylation is 3. The van der Waals surface area contributed by atoms with Crippen LogP contribution < -0.4 is 5.32 Å². The molecule has 2 aromatic heterocycles. The lowest BCUT2D eigenvalue weighted by Crippen LogP contribution is -2.32. The van der Waals surface area contributed by atoms with Crippen LogP contribution >= 0.6 is 11.3 Å². The lowest BCUT2D eigenvalue weighted by molar-refractivity contribution is -0.117. The van der Waals surface area contributed by atoms with Crippen molar-refractivity contribution in [1.29, 1.82) is 0 Å². The van der Waals surface area contributed by atoms with Gasteiger partial charge in [0.15, 0.2) is 0 Å². The number of pyridine rings is 1. The van der Waals surface area contributed by atoms with Crippen molar-refractivity contribution in [3.8, 4) is 0 Å². The molecule has 5 nitrogen and oxygen atoms in total. The molecule has 0 spiro atoms. The molecule has 0 radical (unpaired) electrons. The molecule has 2 rings (SSSR count). The molecule has 2 aromatic rings. The quantitative estimate of drug-likeness (QED) is 0.920. The van der Waals surface area contributed by atoms with Gasteiger partial charge >= 0.3 is 0 Å². The van der Waals surface area contributed by atoms with Gasteiger partial charge in [-0.05, 0) is 46.4 Å². The van der Waals surface area contributed by atoms with Crippen molar-refractivity contribution in [3.05, 3.63) is 39.5 Å². The SMILES string of the molecule is Cc1ccc(NC(=O)CN(C)C(C)c2nc(C)sc2C)nc1. The van der Waals surface area contributed by atoms with Crippen molar-refractivity contribution in [2.45, 2.75) is 33.7 Å². The summed E-state index contributed by atoms with van der Waals surface area (Å²) in [6.45, 7) is 8.40. The molecule has 1 amide bonds. The number of hydrogen-bond donors (Lipinski definition) is 1. The maximum atomic E-state index is 12.1. The largest absolute Gasteiger partial charge is 0.310 e. The van der Waals surface area contributed by atoms with Gasteiger partial charge in [-0.3, -0.25) is 9.69 Å². The van der Waals surface area contributed by atoms with Crippen LogP contribution in [0.25, 0.3) is 0 Å². The first-order valence-electron chi connectivity index (χ1n) is 7.23. The monoisotopic (exact) mass is 318 g/mol. The molecule has 22 heavy (non-hydrogen) atoms. The summed E-state index contributed by atoms with van der Waals surface area (Å²) in [4.78, 5) is 24.1. The Morgan fingerprint density at radius 1 is 1.36 bits per heavy atom. The molecular formula is C16H22N4OS. The zero-order valence-electron chi connectivity index (χ0n) is 13.7. The van der Waals surface area contributed by atoms with E-state index in [4.69, 9.17) is 0 Å². The Hall–Kier alpha value is -1.79. The average molecular weight is 318 g/mol. The lowest BCUT2D eigenvalue weighted by atomic mass is 10.2. The van der Waals surface area contributed by atoms with Crippen molar-refractivity contribution in [2.24, 2.45) is 0 Å². The van der Waals surface area contributed by atoms with Crippen LogP contribution in [0.4, 0.5) is 5.82 Å². The third-order valence-corrected chi connectivity index (χ3v) is 4.47. The van der Waals surface area contributed by atoms with E-state index in [2.05, 4.69) is 29.1 Å². The van der Waals surface area contributed by atoms with Gasteiger partial charge in [0.25, 0.3) is 0 Å². The maximum absolute atomic E-state index is 12.1. The number of carbonyl (C=O) groups excluding carboxylic acids is 1. The Bertz CT molecular complexity index is 651. The number of amides is 1. The van der Waals surface area contributed by atoms with Crippen LogP contribution in [0.5, 0.6) is 0 Å². The number of carbonyl (C=O) groups is 1. The number of aromatic nitrogens is 2. The van der Waals surface area contributed by atoms with Crippen molar-refractivity contribution in [1.82, 2.24) is 14.9 Å². The molecule has 0 saturated carbocycles. The topological polar surface area (TPSA) is 58.1 Å². The van der Waals surface area contributed by atoms with Gasteiger partial charge in [-0.1, -0.05) is 6.07 Å². The molecule has 2 heterocycles. The van der Waals surface area contributed by atoms with E-state index in [1.54, 1.807) is 17.5 Å². The van der Waals surface area contributed by atoms with Gasteiger partial charge in [0.2, 0.25) is 5.91 Å². The maximum Gasteiger partial charge on any atom is 0.239 e. The van der Waals surface area contributed by atoms with E-state index in [1.165, 1.54) is 4.88 Å². The third kappa shape index (κ3) is 4.11. The molecule has 6 heteroatoms. The van der Waals surface area contributed by atoms with Gasteiger partial charge in [-0.15, -0.1) is 11.3 Å². The standard InChI is InChI=1S/C16H22N4OS/c1-10-6-7-14(17-8-10)19-15(21)9-20(5)11(2)16-12(3)22-13(4)18-16/h6-8,11H,9H2,1-5H3,(H,17,19,21). The molecule has 0 fully saturated rings. The second kappa shape index (κ2) is 6.98. The fourth-order valence-electron chi connectivity index (χ4n) is 2.23. The van der Waals surface area contributed by atoms with Crippen molar-refractivity contribution in [3.63, 3.8) is 0 Å². The summed E-state index contributed by atoms with van der Waals surface area (Å²) in [5, 5.41) is 3.87. The minimum Gasteiger partial charge on any atom is -0.310 e. The molecule has 0 aliphatic rings. The molecule has 118 valence electrons. The lowest BCUT2D eigenvalue weighted by Gasteiger charge is -2.23. The van der Waals surface area contributed by atoms with Crippen LogP contribution in [0.15, 0.2) is 18.3 Å². The fraction of sp³-hybridized carbons (Fsp3) is 0.438. The van der Waals surface area contributed by atoms with Crippen LogP contribution in [0.1, 0.15) is 34.1 Å².